The maximum Gasteiger partial charge on any atom is 0.303 e. The molecule has 0 bridgehead atoms. The molecule has 0 radical (unpaired) electrons. The number of hydrogen-bond donors (Lipinski definition) is 1. The summed E-state index contributed by atoms with van der Waals surface area (Å²) in [5, 5.41) is 2.20. The number of benzene rings is 3. The zero-order chi connectivity index (χ0) is 19.8. The quantitative estimate of drug-likeness (QED) is 0.692. The van der Waals surface area contributed by atoms with Gasteiger partial charge in [-0.3, -0.25) is 14.5 Å². The Labute approximate surface area is 161 Å². The molecule has 0 aromatic heterocycles. The Hall–Kier alpha value is -3.25. The monoisotopic (exact) mass is 379 g/mol. The van der Waals surface area contributed by atoms with Gasteiger partial charge in [-0.25, -0.2) is 4.39 Å². The minimum atomic E-state index is -0.651. The number of fused-ring (bicyclic) bond motifs is 2. The van der Waals surface area contributed by atoms with Crippen molar-refractivity contribution in [1.82, 2.24) is 0 Å². The van der Waals surface area contributed by atoms with Crippen molar-refractivity contribution in [1.29, 1.82) is 0 Å². The Morgan fingerprint density at radius 1 is 1.00 bits per heavy atom. The minimum Gasteiger partial charge on any atom is -0.497 e. The predicted octanol–water partition coefficient (Wildman–Crippen LogP) is 2.19. The van der Waals surface area contributed by atoms with E-state index in [-0.39, 0.29) is 5.56 Å². The van der Waals surface area contributed by atoms with Crippen molar-refractivity contribution in [2.75, 3.05) is 25.7 Å². The van der Waals surface area contributed by atoms with Gasteiger partial charge in [0.1, 0.15) is 18.1 Å². The number of carbonyl (C=O) groups excluding carboxylic acids is 2. The van der Waals surface area contributed by atoms with E-state index in [0.29, 0.717) is 18.9 Å². The Morgan fingerprint density at radius 2 is 1.75 bits per heavy atom. The van der Waals surface area contributed by atoms with E-state index in [4.69, 9.17) is 4.74 Å². The molecule has 5 nitrogen and oxygen atoms in total. The molecule has 3 aromatic carbocycles. The summed E-state index contributed by atoms with van der Waals surface area (Å²) < 4.78 is 18.7. The number of hydrogen-bond acceptors (Lipinski definition) is 3. The SMILES string of the molecule is COc1ccc2cc(C[NH+](C)CN3C(=O)C(=O)c4cc(F)ccc43)ccc2c1. The van der Waals surface area contributed by atoms with Crippen LogP contribution in [0.15, 0.2) is 54.6 Å². The molecule has 142 valence electrons. The second kappa shape index (κ2) is 7.05. The molecule has 0 saturated heterocycles. The Kier molecular flexibility index (Phi) is 4.57. The fourth-order valence-electron chi connectivity index (χ4n) is 3.61. The molecule has 1 atom stereocenters. The van der Waals surface area contributed by atoms with Crippen LogP contribution in [0.5, 0.6) is 5.75 Å². The van der Waals surface area contributed by atoms with Crippen LogP contribution < -0.4 is 14.5 Å². The van der Waals surface area contributed by atoms with Gasteiger partial charge >= 0.3 is 5.91 Å². The van der Waals surface area contributed by atoms with E-state index < -0.39 is 17.5 Å². The molecular weight excluding hydrogens is 359 g/mol. The van der Waals surface area contributed by atoms with Gasteiger partial charge in [-0.2, -0.15) is 0 Å². The summed E-state index contributed by atoms with van der Waals surface area (Å²) >= 11 is 0. The molecule has 0 aliphatic carbocycles. The minimum absolute atomic E-state index is 0.137. The highest BCUT2D eigenvalue weighted by Crippen LogP contribution is 2.28. The van der Waals surface area contributed by atoms with Crippen LogP contribution in [-0.4, -0.2) is 32.5 Å². The summed E-state index contributed by atoms with van der Waals surface area (Å²) in [6.45, 7) is 1.00. The van der Waals surface area contributed by atoms with Gasteiger partial charge < -0.3 is 9.64 Å². The van der Waals surface area contributed by atoms with Gasteiger partial charge in [0.15, 0.2) is 6.67 Å². The molecule has 1 aliphatic heterocycles. The average Bonchev–Trinajstić information content (AvgIpc) is 2.92. The van der Waals surface area contributed by atoms with Crippen LogP contribution in [0.4, 0.5) is 10.1 Å². The van der Waals surface area contributed by atoms with Crippen LogP contribution in [0.2, 0.25) is 0 Å². The number of amides is 1. The molecule has 3 aromatic rings. The smallest absolute Gasteiger partial charge is 0.303 e. The number of nitrogens with zero attached hydrogens (tertiary/aromatic N) is 1. The van der Waals surface area contributed by atoms with E-state index in [9.17, 15) is 14.0 Å². The van der Waals surface area contributed by atoms with Crippen molar-refractivity contribution < 1.29 is 23.6 Å². The highest BCUT2D eigenvalue weighted by Gasteiger charge is 2.37. The van der Waals surface area contributed by atoms with Crippen molar-refractivity contribution in [3.05, 3.63) is 71.5 Å². The molecule has 4 rings (SSSR count). The van der Waals surface area contributed by atoms with Crippen LogP contribution in [0.1, 0.15) is 15.9 Å². The fraction of sp³-hybridized carbons (Fsp3) is 0.182. The normalized spacial score (nSPS) is 14.5. The van der Waals surface area contributed by atoms with Gasteiger partial charge in [0.2, 0.25) is 0 Å². The van der Waals surface area contributed by atoms with Gasteiger partial charge in [0, 0.05) is 5.56 Å². The first-order valence-electron chi connectivity index (χ1n) is 9.00. The predicted molar refractivity (Wildman–Crippen MR) is 104 cm³/mol. The Morgan fingerprint density at radius 3 is 2.54 bits per heavy atom. The first-order chi connectivity index (χ1) is 13.5. The Bertz CT molecular complexity index is 1100. The molecule has 1 amide bonds. The van der Waals surface area contributed by atoms with Crippen molar-refractivity contribution in [3.63, 3.8) is 0 Å². The highest BCUT2D eigenvalue weighted by atomic mass is 19.1. The molecule has 0 fully saturated rings. The maximum absolute atomic E-state index is 13.4. The first kappa shape index (κ1) is 18.1. The summed E-state index contributed by atoms with van der Waals surface area (Å²) in [6.07, 6.45) is 0. The van der Waals surface area contributed by atoms with E-state index in [2.05, 4.69) is 6.07 Å². The standard InChI is InChI=1S/C22H19FN2O3/c1-24(12-14-3-4-16-10-18(28-2)7-5-15(16)9-14)13-25-20-8-6-17(23)11-19(20)21(26)22(25)27/h3-11H,12-13H2,1-2H3/p+1. The number of ketones is 1. The number of carbonyl (C=O) groups is 2. The summed E-state index contributed by atoms with van der Waals surface area (Å²) in [4.78, 5) is 26.9. The second-order valence-electron chi connectivity index (χ2n) is 7.06. The molecule has 6 heteroatoms. The van der Waals surface area contributed by atoms with Crippen molar-refractivity contribution in [2.24, 2.45) is 0 Å². The topological polar surface area (TPSA) is 51.1 Å². The third kappa shape index (κ3) is 3.23. The third-order valence-corrected chi connectivity index (χ3v) is 4.98. The summed E-state index contributed by atoms with van der Waals surface area (Å²) in [5.41, 5.74) is 1.73. The third-order valence-electron chi connectivity index (χ3n) is 4.98. The number of ether oxygens (including phenoxy) is 1. The summed E-state index contributed by atoms with van der Waals surface area (Å²) in [6, 6.07) is 16.0. The molecular formula is C22H20FN2O3+. The number of rotatable bonds is 5. The number of halogens is 1. The van der Waals surface area contributed by atoms with Crippen LogP contribution in [0.3, 0.4) is 0 Å². The highest BCUT2D eigenvalue weighted by molar-refractivity contribution is 6.52. The lowest BCUT2D eigenvalue weighted by molar-refractivity contribution is -0.892. The van der Waals surface area contributed by atoms with Gasteiger partial charge in [0.25, 0.3) is 5.78 Å². The Balaban J connectivity index is 1.52. The van der Waals surface area contributed by atoms with Crippen molar-refractivity contribution >= 4 is 28.2 Å². The molecule has 28 heavy (non-hydrogen) atoms. The van der Waals surface area contributed by atoms with Crippen LogP contribution in [0.25, 0.3) is 10.8 Å². The van der Waals surface area contributed by atoms with E-state index in [0.717, 1.165) is 33.1 Å². The van der Waals surface area contributed by atoms with E-state index in [1.165, 1.54) is 17.0 Å². The second-order valence-corrected chi connectivity index (χ2v) is 7.06. The number of quaternary nitrogens is 1. The van der Waals surface area contributed by atoms with Gasteiger partial charge in [-0.05, 0) is 47.2 Å². The van der Waals surface area contributed by atoms with Crippen LogP contribution in [0, 0.1) is 5.82 Å². The van der Waals surface area contributed by atoms with Crippen molar-refractivity contribution in [2.45, 2.75) is 6.54 Å². The van der Waals surface area contributed by atoms with Gasteiger partial charge in [-0.1, -0.05) is 18.2 Å². The van der Waals surface area contributed by atoms with Crippen LogP contribution in [-0.2, 0) is 11.3 Å². The fourth-order valence-corrected chi connectivity index (χ4v) is 3.61. The molecule has 1 unspecified atom stereocenters. The number of methoxy groups -OCH3 is 1. The molecule has 1 aliphatic rings. The maximum atomic E-state index is 13.4. The number of Topliss-reactive ketones (excluding diaryl/α,β-unsaturated/α-hetero) is 1. The number of nitrogens with one attached hydrogen (secondary N) is 1. The number of anilines is 1. The summed E-state index contributed by atoms with van der Waals surface area (Å²) in [7, 11) is 3.60. The molecule has 1 N–H and O–H groups in total. The average molecular weight is 379 g/mol. The lowest BCUT2D eigenvalue weighted by Gasteiger charge is -2.22. The van der Waals surface area contributed by atoms with E-state index >= 15 is 0 Å². The largest absolute Gasteiger partial charge is 0.497 e. The zero-order valence-electron chi connectivity index (χ0n) is 15.7. The van der Waals surface area contributed by atoms with Crippen molar-refractivity contribution in [3.8, 4) is 5.75 Å². The molecule has 0 spiro atoms. The zero-order valence-corrected chi connectivity index (χ0v) is 15.7. The van der Waals surface area contributed by atoms with Gasteiger partial charge in [-0.15, -0.1) is 0 Å². The lowest BCUT2D eigenvalue weighted by Crippen LogP contribution is -3.09. The van der Waals surface area contributed by atoms with E-state index in [1.807, 2.05) is 37.4 Å². The van der Waals surface area contributed by atoms with E-state index in [1.54, 1.807) is 7.11 Å². The first-order valence-corrected chi connectivity index (χ1v) is 9.00. The molecule has 0 saturated carbocycles. The molecule has 1 heterocycles. The van der Waals surface area contributed by atoms with Crippen LogP contribution >= 0.6 is 0 Å². The summed E-state index contributed by atoms with van der Waals surface area (Å²) in [5.74, 6) is -0.960. The lowest BCUT2D eigenvalue weighted by atomic mass is 10.1. The van der Waals surface area contributed by atoms with Gasteiger partial charge in [0.05, 0.1) is 25.4 Å².